The molecule has 1 fully saturated rings. The van der Waals surface area contributed by atoms with Gasteiger partial charge in [0, 0.05) is 36.8 Å². The van der Waals surface area contributed by atoms with Gasteiger partial charge in [-0.05, 0) is 38.0 Å². The first-order valence-corrected chi connectivity index (χ1v) is 8.24. The molecule has 1 aromatic rings. The highest BCUT2D eigenvalue weighted by Gasteiger charge is 2.32. The van der Waals surface area contributed by atoms with Gasteiger partial charge in [0.2, 0.25) is 5.91 Å². The van der Waals surface area contributed by atoms with E-state index >= 15 is 0 Å². The number of nitrogens with one attached hydrogen (secondary N) is 1. The first kappa shape index (κ1) is 17.8. The first-order chi connectivity index (χ1) is 11.0. The molecular formula is C17H23ClN2O3. The van der Waals surface area contributed by atoms with Crippen molar-refractivity contribution in [2.45, 2.75) is 25.8 Å². The number of piperidine rings is 1. The summed E-state index contributed by atoms with van der Waals surface area (Å²) in [5.74, 6) is -0.265. The van der Waals surface area contributed by atoms with Crippen molar-refractivity contribution in [2.75, 3.05) is 26.8 Å². The van der Waals surface area contributed by atoms with E-state index in [0.717, 1.165) is 12.8 Å². The summed E-state index contributed by atoms with van der Waals surface area (Å²) in [5.41, 5.74) is 0.560. The number of rotatable bonds is 5. The Morgan fingerprint density at radius 1 is 1.39 bits per heavy atom. The number of ether oxygens (including phenoxy) is 1. The summed E-state index contributed by atoms with van der Waals surface area (Å²) in [7, 11) is 1.60. The zero-order valence-corrected chi connectivity index (χ0v) is 14.3. The largest absolute Gasteiger partial charge is 0.383 e. The Labute approximate surface area is 141 Å². The molecule has 2 amide bonds. The average molecular weight is 339 g/mol. The lowest BCUT2D eigenvalue weighted by Gasteiger charge is -2.37. The van der Waals surface area contributed by atoms with Crippen LogP contribution in [0.4, 0.5) is 0 Å². The molecule has 0 aliphatic carbocycles. The monoisotopic (exact) mass is 338 g/mol. The fourth-order valence-electron chi connectivity index (χ4n) is 2.81. The zero-order valence-electron chi connectivity index (χ0n) is 13.5. The van der Waals surface area contributed by atoms with Crippen LogP contribution in [0.2, 0.25) is 5.02 Å². The molecule has 0 unspecified atom stereocenters. The van der Waals surface area contributed by atoms with Crippen LogP contribution >= 0.6 is 11.6 Å². The van der Waals surface area contributed by atoms with Crippen molar-refractivity contribution < 1.29 is 14.3 Å². The number of amides is 2. The van der Waals surface area contributed by atoms with E-state index in [9.17, 15) is 9.59 Å². The second-order valence-corrected chi connectivity index (χ2v) is 6.31. The smallest absolute Gasteiger partial charge is 0.254 e. The number of benzene rings is 1. The number of hydrogen-bond acceptors (Lipinski definition) is 3. The molecule has 2 atom stereocenters. The molecule has 0 radical (unpaired) electrons. The highest BCUT2D eigenvalue weighted by Crippen LogP contribution is 2.24. The lowest BCUT2D eigenvalue weighted by Crippen LogP contribution is -2.49. The summed E-state index contributed by atoms with van der Waals surface area (Å²) in [5, 5.41) is 3.39. The van der Waals surface area contributed by atoms with Crippen molar-refractivity contribution in [1.29, 1.82) is 0 Å². The van der Waals surface area contributed by atoms with Crippen LogP contribution in [0.5, 0.6) is 0 Å². The summed E-state index contributed by atoms with van der Waals surface area (Å²) < 4.78 is 4.93. The molecule has 0 aromatic heterocycles. The van der Waals surface area contributed by atoms with E-state index in [-0.39, 0.29) is 23.8 Å². The van der Waals surface area contributed by atoms with Crippen LogP contribution in [-0.4, -0.2) is 49.6 Å². The third-order valence-corrected chi connectivity index (χ3v) is 4.43. The van der Waals surface area contributed by atoms with Gasteiger partial charge in [0.25, 0.3) is 5.91 Å². The molecular weight excluding hydrogens is 316 g/mol. The second kappa shape index (κ2) is 8.31. The van der Waals surface area contributed by atoms with E-state index in [1.165, 1.54) is 0 Å². The Morgan fingerprint density at radius 2 is 2.17 bits per heavy atom. The lowest BCUT2D eigenvalue weighted by molar-refractivity contribution is -0.126. The van der Waals surface area contributed by atoms with Gasteiger partial charge < -0.3 is 15.0 Å². The van der Waals surface area contributed by atoms with E-state index in [1.54, 1.807) is 36.3 Å². The predicted molar refractivity (Wildman–Crippen MR) is 89.6 cm³/mol. The van der Waals surface area contributed by atoms with Gasteiger partial charge >= 0.3 is 0 Å². The van der Waals surface area contributed by atoms with Gasteiger partial charge in [-0.3, -0.25) is 9.59 Å². The second-order valence-electron chi connectivity index (χ2n) is 5.87. The quantitative estimate of drug-likeness (QED) is 0.838. The minimum atomic E-state index is -0.175. The maximum atomic E-state index is 12.7. The standard InChI is InChI=1S/C17H23ClN2O3/c1-12-6-7-14(16(21)19-8-9-23-2)11-20(12)17(22)13-4-3-5-15(18)10-13/h3-5,10,12,14H,6-9,11H2,1-2H3,(H,19,21)/t12-,14-/m0/s1. The van der Waals surface area contributed by atoms with Gasteiger partial charge in [-0.15, -0.1) is 0 Å². The van der Waals surface area contributed by atoms with Gasteiger partial charge in [0.05, 0.1) is 12.5 Å². The van der Waals surface area contributed by atoms with E-state index in [2.05, 4.69) is 5.32 Å². The normalized spacial score (nSPS) is 21.1. The molecule has 6 heteroatoms. The summed E-state index contributed by atoms with van der Waals surface area (Å²) >= 11 is 5.97. The minimum Gasteiger partial charge on any atom is -0.383 e. The predicted octanol–water partition coefficient (Wildman–Crippen LogP) is 2.34. The SMILES string of the molecule is COCCNC(=O)[C@H]1CC[C@H](C)N(C(=O)c2cccc(Cl)c2)C1. The Bertz CT molecular complexity index is 565. The number of nitrogens with zero attached hydrogens (tertiary/aromatic N) is 1. The Hall–Kier alpha value is -1.59. The molecule has 1 heterocycles. The van der Waals surface area contributed by atoms with E-state index < -0.39 is 0 Å². The number of methoxy groups -OCH3 is 1. The molecule has 5 nitrogen and oxygen atoms in total. The summed E-state index contributed by atoms with van der Waals surface area (Å²) in [4.78, 5) is 26.7. The van der Waals surface area contributed by atoms with E-state index in [4.69, 9.17) is 16.3 Å². The van der Waals surface area contributed by atoms with Crippen LogP contribution in [0.3, 0.4) is 0 Å². The van der Waals surface area contributed by atoms with Crippen molar-refractivity contribution in [3.05, 3.63) is 34.9 Å². The van der Waals surface area contributed by atoms with Crippen LogP contribution in [0.1, 0.15) is 30.1 Å². The van der Waals surface area contributed by atoms with Crippen LogP contribution in [0.15, 0.2) is 24.3 Å². The van der Waals surface area contributed by atoms with Crippen molar-refractivity contribution in [1.82, 2.24) is 10.2 Å². The van der Waals surface area contributed by atoms with Gasteiger partial charge in [-0.25, -0.2) is 0 Å². The van der Waals surface area contributed by atoms with Gasteiger partial charge in [-0.2, -0.15) is 0 Å². The Balaban J connectivity index is 2.03. The zero-order chi connectivity index (χ0) is 16.8. The Kier molecular flexibility index (Phi) is 6.42. The molecule has 2 rings (SSSR count). The number of carbonyl (C=O) groups is 2. The minimum absolute atomic E-state index is 0.0159. The van der Waals surface area contributed by atoms with E-state index in [0.29, 0.717) is 30.3 Å². The van der Waals surface area contributed by atoms with Gasteiger partial charge in [0.15, 0.2) is 0 Å². The van der Waals surface area contributed by atoms with E-state index in [1.807, 2.05) is 6.92 Å². The molecule has 1 aliphatic heterocycles. The lowest BCUT2D eigenvalue weighted by atomic mass is 9.92. The van der Waals surface area contributed by atoms with Crippen LogP contribution < -0.4 is 5.32 Å². The van der Waals surface area contributed by atoms with Gasteiger partial charge in [0.1, 0.15) is 0 Å². The molecule has 0 saturated carbocycles. The fraction of sp³-hybridized carbons (Fsp3) is 0.529. The average Bonchev–Trinajstić information content (AvgIpc) is 2.54. The van der Waals surface area contributed by atoms with Crippen molar-refractivity contribution >= 4 is 23.4 Å². The Morgan fingerprint density at radius 3 is 2.87 bits per heavy atom. The highest BCUT2D eigenvalue weighted by atomic mass is 35.5. The van der Waals surface area contributed by atoms with Crippen LogP contribution in [0.25, 0.3) is 0 Å². The van der Waals surface area contributed by atoms with Crippen LogP contribution in [-0.2, 0) is 9.53 Å². The first-order valence-electron chi connectivity index (χ1n) is 7.86. The number of hydrogen-bond donors (Lipinski definition) is 1. The summed E-state index contributed by atoms with van der Waals surface area (Å²) in [6.45, 7) is 3.43. The molecule has 23 heavy (non-hydrogen) atoms. The summed E-state index contributed by atoms with van der Waals surface area (Å²) in [6, 6.07) is 7.04. The summed E-state index contributed by atoms with van der Waals surface area (Å²) in [6.07, 6.45) is 1.61. The molecule has 1 saturated heterocycles. The molecule has 0 bridgehead atoms. The molecule has 1 N–H and O–H groups in total. The molecule has 1 aliphatic rings. The van der Waals surface area contributed by atoms with Crippen molar-refractivity contribution in [3.8, 4) is 0 Å². The number of likely N-dealkylation sites (tertiary alicyclic amines) is 1. The number of halogens is 1. The maximum absolute atomic E-state index is 12.7. The van der Waals surface area contributed by atoms with Crippen molar-refractivity contribution in [3.63, 3.8) is 0 Å². The third-order valence-electron chi connectivity index (χ3n) is 4.19. The van der Waals surface area contributed by atoms with Crippen LogP contribution in [0, 0.1) is 5.92 Å². The van der Waals surface area contributed by atoms with Gasteiger partial charge in [-0.1, -0.05) is 17.7 Å². The number of carbonyl (C=O) groups excluding carboxylic acids is 2. The molecule has 0 spiro atoms. The van der Waals surface area contributed by atoms with Crippen molar-refractivity contribution in [2.24, 2.45) is 5.92 Å². The topological polar surface area (TPSA) is 58.6 Å². The maximum Gasteiger partial charge on any atom is 0.254 e. The molecule has 126 valence electrons. The highest BCUT2D eigenvalue weighted by molar-refractivity contribution is 6.30. The fourth-order valence-corrected chi connectivity index (χ4v) is 3.00. The third kappa shape index (κ3) is 4.69. The molecule has 1 aromatic carbocycles.